The van der Waals surface area contributed by atoms with Crippen LogP contribution >= 0.6 is 0 Å². The second-order valence-electron chi connectivity index (χ2n) is 6.58. The summed E-state index contributed by atoms with van der Waals surface area (Å²) >= 11 is 0. The predicted molar refractivity (Wildman–Crippen MR) is 118 cm³/mol. The normalized spacial score (nSPS) is 11.2. The maximum absolute atomic E-state index is 12.5. The van der Waals surface area contributed by atoms with Crippen LogP contribution in [0.2, 0.25) is 0 Å². The molecule has 0 atom stereocenters. The zero-order chi connectivity index (χ0) is 21.5. The molecule has 8 nitrogen and oxygen atoms in total. The molecule has 0 spiro atoms. The standard InChI is InChI=1S/C22H21N5O3S/c28-31(29,20-10-8-19(9-11-20)30-18-6-2-1-3-7-18)24-15-14-23-21-12-13-22(26-25-21)27-16-4-5-17-27/h1-13,16-17,24H,14-15H2,(H,23,25). The largest absolute Gasteiger partial charge is 0.457 e. The van der Waals surface area contributed by atoms with Crippen molar-refractivity contribution in [1.82, 2.24) is 19.5 Å². The Hall–Kier alpha value is -3.69. The second-order valence-corrected chi connectivity index (χ2v) is 8.35. The lowest BCUT2D eigenvalue weighted by atomic mass is 10.3. The molecule has 31 heavy (non-hydrogen) atoms. The average molecular weight is 436 g/mol. The summed E-state index contributed by atoms with van der Waals surface area (Å²) in [6, 6.07) is 23.0. The van der Waals surface area contributed by atoms with Crippen molar-refractivity contribution in [2.45, 2.75) is 4.90 Å². The molecule has 0 bridgehead atoms. The lowest BCUT2D eigenvalue weighted by Crippen LogP contribution is -2.29. The molecule has 0 aliphatic rings. The number of sulfonamides is 1. The number of hydrogen-bond acceptors (Lipinski definition) is 6. The number of ether oxygens (including phenoxy) is 1. The van der Waals surface area contributed by atoms with Gasteiger partial charge in [-0.2, -0.15) is 0 Å². The van der Waals surface area contributed by atoms with E-state index in [0.717, 1.165) is 0 Å². The topological polar surface area (TPSA) is 98.1 Å². The molecule has 0 saturated carbocycles. The molecule has 2 heterocycles. The Labute approximate surface area is 180 Å². The fraction of sp³-hybridized carbons (Fsp3) is 0.0909. The van der Waals surface area contributed by atoms with Gasteiger partial charge in [-0.05, 0) is 60.7 Å². The zero-order valence-corrected chi connectivity index (χ0v) is 17.4. The van der Waals surface area contributed by atoms with Crippen molar-refractivity contribution in [3.63, 3.8) is 0 Å². The number of benzene rings is 2. The summed E-state index contributed by atoms with van der Waals surface area (Å²) in [6.07, 6.45) is 3.76. The number of nitrogens with zero attached hydrogens (tertiary/aromatic N) is 3. The molecular formula is C22H21N5O3S. The quantitative estimate of drug-likeness (QED) is 0.391. The number of nitrogens with one attached hydrogen (secondary N) is 2. The predicted octanol–water partition coefficient (Wildman–Crippen LogP) is 3.45. The molecule has 0 saturated heterocycles. The average Bonchev–Trinajstić information content (AvgIpc) is 3.33. The molecule has 2 aromatic carbocycles. The summed E-state index contributed by atoms with van der Waals surface area (Å²) in [7, 11) is -3.63. The molecule has 0 amide bonds. The van der Waals surface area contributed by atoms with Gasteiger partial charge in [0, 0.05) is 25.5 Å². The summed E-state index contributed by atoms with van der Waals surface area (Å²) in [4.78, 5) is 0.170. The third-order valence-electron chi connectivity index (χ3n) is 4.36. The Kier molecular flexibility index (Phi) is 6.25. The van der Waals surface area contributed by atoms with E-state index in [0.29, 0.717) is 29.7 Å². The van der Waals surface area contributed by atoms with Crippen LogP contribution in [0, 0.1) is 0 Å². The lowest BCUT2D eigenvalue weighted by Gasteiger charge is -2.10. The molecule has 0 fully saturated rings. The third-order valence-corrected chi connectivity index (χ3v) is 5.83. The Morgan fingerprint density at radius 3 is 2.16 bits per heavy atom. The fourth-order valence-electron chi connectivity index (χ4n) is 2.82. The van der Waals surface area contributed by atoms with Crippen molar-refractivity contribution in [3.05, 3.63) is 91.3 Å². The summed E-state index contributed by atoms with van der Waals surface area (Å²) < 4.78 is 35.1. The van der Waals surface area contributed by atoms with E-state index in [-0.39, 0.29) is 11.4 Å². The minimum Gasteiger partial charge on any atom is -0.457 e. The SMILES string of the molecule is O=S(=O)(NCCNc1ccc(-n2cccc2)nn1)c1ccc(Oc2ccccc2)cc1. The van der Waals surface area contributed by atoms with Crippen molar-refractivity contribution in [1.29, 1.82) is 0 Å². The van der Waals surface area contributed by atoms with Crippen LogP contribution in [0.3, 0.4) is 0 Å². The van der Waals surface area contributed by atoms with Gasteiger partial charge >= 0.3 is 0 Å². The maximum Gasteiger partial charge on any atom is 0.240 e. The van der Waals surface area contributed by atoms with Gasteiger partial charge in [0.1, 0.15) is 17.3 Å². The van der Waals surface area contributed by atoms with Gasteiger partial charge in [-0.25, -0.2) is 13.1 Å². The fourth-order valence-corrected chi connectivity index (χ4v) is 3.85. The van der Waals surface area contributed by atoms with Crippen LogP contribution in [0.4, 0.5) is 5.82 Å². The highest BCUT2D eigenvalue weighted by atomic mass is 32.2. The summed E-state index contributed by atoms with van der Waals surface area (Å²) in [6.45, 7) is 0.567. The van der Waals surface area contributed by atoms with E-state index in [9.17, 15) is 8.42 Å². The van der Waals surface area contributed by atoms with Gasteiger partial charge in [-0.1, -0.05) is 18.2 Å². The van der Waals surface area contributed by atoms with E-state index in [1.165, 1.54) is 12.1 Å². The van der Waals surface area contributed by atoms with E-state index in [1.807, 2.05) is 65.5 Å². The molecule has 158 valence electrons. The van der Waals surface area contributed by atoms with Crippen LogP contribution in [-0.4, -0.2) is 36.3 Å². The first-order valence-electron chi connectivity index (χ1n) is 9.64. The van der Waals surface area contributed by atoms with Crippen LogP contribution in [0.25, 0.3) is 5.82 Å². The summed E-state index contributed by atoms with van der Waals surface area (Å²) in [5, 5.41) is 11.3. The molecule has 0 unspecified atom stereocenters. The summed E-state index contributed by atoms with van der Waals surface area (Å²) in [5.74, 6) is 2.52. The van der Waals surface area contributed by atoms with Gasteiger partial charge in [-0.15, -0.1) is 10.2 Å². The maximum atomic E-state index is 12.5. The summed E-state index contributed by atoms with van der Waals surface area (Å²) in [5.41, 5.74) is 0. The van der Waals surface area contributed by atoms with E-state index >= 15 is 0 Å². The van der Waals surface area contributed by atoms with E-state index in [4.69, 9.17) is 4.74 Å². The molecular weight excluding hydrogens is 414 g/mol. The van der Waals surface area contributed by atoms with Crippen LogP contribution in [0.5, 0.6) is 11.5 Å². The molecule has 4 aromatic rings. The number of anilines is 1. The van der Waals surface area contributed by atoms with Gasteiger partial charge < -0.3 is 14.6 Å². The van der Waals surface area contributed by atoms with Crippen molar-refractivity contribution in [2.24, 2.45) is 0 Å². The van der Waals surface area contributed by atoms with Crippen LogP contribution in [-0.2, 0) is 10.0 Å². The molecule has 2 aromatic heterocycles. The molecule has 2 N–H and O–H groups in total. The number of rotatable bonds is 9. The first-order valence-corrected chi connectivity index (χ1v) is 11.1. The Balaban J connectivity index is 1.27. The lowest BCUT2D eigenvalue weighted by molar-refractivity contribution is 0.482. The van der Waals surface area contributed by atoms with Gasteiger partial charge in [-0.3, -0.25) is 0 Å². The highest BCUT2D eigenvalue weighted by Crippen LogP contribution is 2.22. The molecule has 0 aliphatic carbocycles. The van der Waals surface area contributed by atoms with Crippen molar-refractivity contribution in [3.8, 4) is 17.3 Å². The minimum atomic E-state index is -3.63. The van der Waals surface area contributed by atoms with E-state index in [2.05, 4.69) is 20.2 Å². The number of para-hydroxylation sites is 1. The van der Waals surface area contributed by atoms with Gasteiger partial charge in [0.15, 0.2) is 5.82 Å². The molecule has 4 rings (SSSR count). The highest BCUT2D eigenvalue weighted by molar-refractivity contribution is 7.89. The van der Waals surface area contributed by atoms with Gasteiger partial charge in [0.25, 0.3) is 0 Å². The number of hydrogen-bond donors (Lipinski definition) is 2. The Morgan fingerprint density at radius 1 is 0.774 bits per heavy atom. The van der Waals surface area contributed by atoms with E-state index in [1.54, 1.807) is 18.2 Å². The van der Waals surface area contributed by atoms with Crippen molar-refractivity contribution >= 4 is 15.8 Å². The molecule has 0 aliphatic heterocycles. The third kappa shape index (κ3) is 5.47. The smallest absolute Gasteiger partial charge is 0.240 e. The van der Waals surface area contributed by atoms with Gasteiger partial charge in [0.05, 0.1) is 4.90 Å². The monoisotopic (exact) mass is 435 g/mol. The Bertz CT molecular complexity index is 1190. The first kappa shape index (κ1) is 20.6. The second kappa shape index (κ2) is 9.41. The first-order chi connectivity index (χ1) is 15.1. The van der Waals surface area contributed by atoms with Gasteiger partial charge in [0.2, 0.25) is 10.0 Å². The van der Waals surface area contributed by atoms with Crippen LogP contribution < -0.4 is 14.8 Å². The Morgan fingerprint density at radius 2 is 1.48 bits per heavy atom. The van der Waals surface area contributed by atoms with Crippen LogP contribution in [0.15, 0.2) is 96.2 Å². The number of aromatic nitrogens is 3. The van der Waals surface area contributed by atoms with Crippen LogP contribution in [0.1, 0.15) is 0 Å². The highest BCUT2D eigenvalue weighted by Gasteiger charge is 2.13. The van der Waals surface area contributed by atoms with Crippen molar-refractivity contribution in [2.75, 3.05) is 18.4 Å². The molecule has 0 radical (unpaired) electrons. The molecule has 9 heteroatoms. The minimum absolute atomic E-state index is 0.170. The van der Waals surface area contributed by atoms with E-state index < -0.39 is 10.0 Å². The van der Waals surface area contributed by atoms with Crippen molar-refractivity contribution < 1.29 is 13.2 Å². The zero-order valence-electron chi connectivity index (χ0n) is 16.5.